The van der Waals surface area contributed by atoms with Gasteiger partial charge in [-0.1, -0.05) is 34.6 Å². The van der Waals surface area contributed by atoms with E-state index in [2.05, 4.69) is 44.6 Å². The molecule has 34 heavy (non-hydrogen) atoms. The second kappa shape index (κ2) is 13.4. The third-order valence-corrected chi connectivity index (χ3v) is 5.46. The van der Waals surface area contributed by atoms with E-state index in [0.29, 0.717) is 0 Å². The van der Waals surface area contributed by atoms with Crippen molar-refractivity contribution in [1.29, 1.82) is 0 Å². The Morgan fingerprint density at radius 1 is 0.882 bits per heavy atom. The van der Waals surface area contributed by atoms with Gasteiger partial charge < -0.3 is 20.2 Å². The van der Waals surface area contributed by atoms with Gasteiger partial charge in [-0.15, -0.1) is 0 Å². The van der Waals surface area contributed by atoms with Crippen molar-refractivity contribution in [3.8, 4) is 22.9 Å². The van der Waals surface area contributed by atoms with Gasteiger partial charge in [0.25, 0.3) is 0 Å². The van der Waals surface area contributed by atoms with E-state index in [9.17, 15) is 23.4 Å². The predicted molar refractivity (Wildman–Crippen MR) is 116 cm³/mol. The number of aromatic hydroxyl groups is 2. The monoisotopic (exact) mass is 683 g/mol. The minimum Gasteiger partial charge on any atom is -0.741 e. The van der Waals surface area contributed by atoms with Gasteiger partial charge in [-0.2, -0.15) is 41.0 Å². The maximum atomic E-state index is 10.7. The van der Waals surface area contributed by atoms with Gasteiger partial charge in [-0.3, -0.25) is 9.97 Å². The van der Waals surface area contributed by atoms with E-state index in [4.69, 9.17) is 13.0 Å². The molecule has 13 heteroatoms. The molecule has 4 N–H and O–H groups in total. The van der Waals surface area contributed by atoms with E-state index >= 15 is 0 Å². The van der Waals surface area contributed by atoms with Crippen molar-refractivity contribution in [3.05, 3.63) is 64.5 Å². The average molecular weight is 683 g/mol. The molecule has 1 aromatic carbocycles. The topological polar surface area (TPSA) is 155 Å². The number of halogens is 3. The largest absolute Gasteiger partial charge is 0.741 e. The van der Waals surface area contributed by atoms with Crippen LogP contribution in [0.2, 0.25) is 0 Å². The molecular weight excluding hydrogens is 658 g/mol. The fourth-order valence-corrected chi connectivity index (χ4v) is 2.56. The minimum absolute atomic E-state index is 0. The molecule has 0 saturated carbocycles. The van der Waals surface area contributed by atoms with Crippen molar-refractivity contribution in [3.63, 3.8) is 0 Å². The summed E-state index contributed by atoms with van der Waals surface area (Å²) >= 11 is 0. The Labute approximate surface area is 209 Å². The Morgan fingerprint density at radius 2 is 1.18 bits per heavy atom. The van der Waals surface area contributed by atoms with Crippen LogP contribution in [0.15, 0.2) is 36.7 Å². The smallest absolute Gasteiger partial charge is 0.485 e. The molecule has 1 radical (unpaired) electrons. The summed E-state index contributed by atoms with van der Waals surface area (Å²) in [6.07, 6.45) is 3.06. The summed E-state index contributed by atoms with van der Waals surface area (Å²) in [5.41, 5.74) is 2.26. The molecule has 3 aromatic rings. The number of hydrogen-bond donors (Lipinski definition) is 2. The van der Waals surface area contributed by atoms with Crippen LogP contribution in [0.3, 0.4) is 0 Å². The molecule has 8 nitrogen and oxygen atoms in total. The molecule has 0 fully saturated rings. The molecule has 0 unspecified atom stereocenters. The number of rotatable bonds is 1. The third-order valence-electron chi connectivity index (χ3n) is 4.89. The quantitative estimate of drug-likeness (QED) is 0.225. The first-order chi connectivity index (χ1) is 14.6. The SMILES string of the molecule is Cc1c(C)c(C)[c-](C)c1C.O.O=S(=O)([O-])C(F)(F)F.Oc1cccnc1-c1ncccc1O.[Ir]. The van der Waals surface area contributed by atoms with E-state index in [1.165, 1.54) is 52.3 Å². The molecule has 3 rings (SSSR count). The zero-order valence-corrected chi connectivity index (χ0v) is 22.1. The Balaban J connectivity index is 0. The van der Waals surface area contributed by atoms with Crippen LogP contribution in [0, 0.1) is 34.6 Å². The molecule has 2 heterocycles. The van der Waals surface area contributed by atoms with E-state index < -0.39 is 15.6 Å². The second-order valence-electron chi connectivity index (χ2n) is 6.77. The van der Waals surface area contributed by atoms with Gasteiger partial charge in [0.1, 0.15) is 22.9 Å². The molecule has 193 valence electrons. The summed E-state index contributed by atoms with van der Waals surface area (Å²) in [6, 6.07) is 6.21. The summed E-state index contributed by atoms with van der Waals surface area (Å²) in [5.74, 6) is 0.00278. The van der Waals surface area contributed by atoms with Crippen LogP contribution in [0.25, 0.3) is 11.4 Å². The second-order valence-corrected chi connectivity index (χ2v) is 8.14. The van der Waals surface area contributed by atoms with E-state index in [1.807, 2.05) is 0 Å². The Kier molecular flexibility index (Phi) is 13.3. The average Bonchev–Trinajstić information content (AvgIpc) is 2.86. The number of aromatic nitrogens is 2. The van der Waals surface area contributed by atoms with Gasteiger partial charge in [0.2, 0.25) is 0 Å². The summed E-state index contributed by atoms with van der Waals surface area (Å²) in [4.78, 5) is 7.87. The summed E-state index contributed by atoms with van der Waals surface area (Å²) in [5, 5.41) is 18.9. The Hall–Kier alpha value is -2.44. The van der Waals surface area contributed by atoms with Crippen molar-refractivity contribution in [2.24, 2.45) is 0 Å². The first-order valence-corrected chi connectivity index (χ1v) is 10.5. The van der Waals surface area contributed by atoms with Gasteiger partial charge in [-0.05, 0) is 24.3 Å². The van der Waals surface area contributed by atoms with Crippen LogP contribution >= 0.6 is 0 Å². The molecule has 0 aliphatic rings. The standard InChI is InChI=1S/C10H8N2O2.C10H15.CHF3O3S.Ir.H2O/c13-7-3-1-5-11-9(7)10-8(14)4-2-6-12-10;1-6-7(2)9(4)10(5)8(6)3;2-1(3,4)8(5,6)7;;/h1-6,13-14H;1-5H3;(H,5,6,7);;1H2/q;-1;;;/p-1. The first-order valence-electron chi connectivity index (χ1n) is 9.09. The fourth-order valence-electron chi connectivity index (χ4n) is 2.56. The minimum atomic E-state index is -6.09. The van der Waals surface area contributed by atoms with Crippen molar-refractivity contribution < 1.29 is 61.9 Å². The molecule has 2 aromatic heterocycles. The number of nitrogens with zero attached hydrogens (tertiary/aromatic N) is 2. The van der Waals surface area contributed by atoms with Crippen molar-refractivity contribution in [2.75, 3.05) is 0 Å². The van der Waals surface area contributed by atoms with Crippen LogP contribution < -0.4 is 0 Å². The molecule has 0 bridgehead atoms. The van der Waals surface area contributed by atoms with Gasteiger partial charge in [-0.25, -0.2) is 8.42 Å². The number of alkyl halides is 3. The predicted octanol–water partition coefficient (Wildman–Crippen LogP) is 3.73. The van der Waals surface area contributed by atoms with Crippen molar-refractivity contribution in [2.45, 2.75) is 40.1 Å². The van der Waals surface area contributed by atoms with Crippen molar-refractivity contribution >= 4 is 10.1 Å². The summed E-state index contributed by atoms with van der Waals surface area (Å²) in [6.45, 7) is 11.0. The van der Waals surface area contributed by atoms with Crippen LogP contribution in [0.4, 0.5) is 13.2 Å². The molecule has 0 aliphatic heterocycles. The molecular formula is C21H25F3IrN2O6S-2. The third kappa shape index (κ3) is 8.73. The van der Waals surface area contributed by atoms with E-state index in [0.717, 1.165) is 0 Å². The molecule has 0 atom stereocenters. The van der Waals surface area contributed by atoms with Gasteiger partial charge in [0, 0.05) is 32.5 Å². The molecule has 0 aliphatic carbocycles. The maximum Gasteiger partial charge on any atom is 0.485 e. The van der Waals surface area contributed by atoms with Crippen molar-refractivity contribution in [1.82, 2.24) is 9.97 Å². The fraction of sp³-hybridized carbons (Fsp3) is 0.286. The summed E-state index contributed by atoms with van der Waals surface area (Å²) in [7, 11) is -6.09. The number of hydrogen-bond acceptors (Lipinski definition) is 7. The van der Waals surface area contributed by atoms with E-state index in [-0.39, 0.29) is 48.5 Å². The number of pyridine rings is 2. The van der Waals surface area contributed by atoms with Crippen LogP contribution in [-0.4, -0.2) is 44.1 Å². The van der Waals surface area contributed by atoms with Gasteiger partial charge in [0.15, 0.2) is 10.1 Å². The Bertz CT molecular complexity index is 1060. The first kappa shape index (κ1) is 33.7. The van der Waals surface area contributed by atoms with Crippen LogP contribution in [0.1, 0.15) is 27.8 Å². The molecule has 0 saturated heterocycles. The van der Waals surface area contributed by atoms with Crippen LogP contribution in [0.5, 0.6) is 11.5 Å². The molecule has 0 amide bonds. The van der Waals surface area contributed by atoms with Crippen LogP contribution in [-0.2, 0) is 30.2 Å². The normalized spacial score (nSPS) is 10.5. The maximum absolute atomic E-state index is 10.7. The zero-order chi connectivity index (χ0) is 24.9. The zero-order valence-electron chi connectivity index (χ0n) is 18.9. The molecule has 0 spiro atoms. The van der Waals surface area contributed by atoms with Gasteiger partial charge >= 0.3 is 5.51 Å². The Morgan fingerprint density at radius 3 is 1.35 bits per heavy atom. The summed E-state index contributed by atoms with van der Waals surface area (Å²) < 4.78 is 58.9. The van der Waals surface area contributed by atoms with E-state index in [1.54, 1.807) is 12.1 Å². The van der Waals surface area contributed by atoms with Gasteiger partial charge in [0.05, 0.1) is 0 Å².